The maximum Gasteiger partial charge on any atom is 0.295 e. The molecule has 0 aliphatic heterocycles. The predicted octanol–water partition coefficient (Wildman–Crippen LogP) is 0.0775. The average Bonchev–Trinajstić information content (AvgIpc) is 2.66. The lowest BCUT2D eigenvalue weighted by molar-refractivity contribution is -0.115. The molecule has 0 saturated heterocycles. The molecule has 17 heavy (non-hydrogen) atoms. The molecule has 0 saturated carbocycles. The third kappa shape index (κ3) is 4.56. The largest absolute Gasteiger partial charge is 0.345 e. The Labute approximate surface area is 104 Å². The van der Waals surface area contributed by atoms with Crippen molar-refractivity contribution in [1.29, 1.82) is 0 Å². The van der Waals surface area contributed by atoms with Crippen molar-refractivity contribution in [2.24, 2.45) is 5.14 Å². The monoisotopic (exact) mass is 272 g/mol. The molecule has 7 heteroatoms. The van der Waals surface area contributed by atoms with Crippen molar-refractivity contribution in [3.05, 3.63) is 17.0 Å². The molecular weight excluding hydrogens is 260 g/mol. The van der Waals surface area contributed by atoms with Crippen LogP contribution >= 0.6 is 11.3 Å². The van der Waals surface area contributed by atoms with Gasteiger partial charge in [-0.1, -0.05) is 5.92 Å². The quantitative estimate of drug-likeness (QED) is 0.761. The van der Waals surface area contributed by atoms with Gasteiger partial charge >= 0.3 is 0 Å². The molecule has 0 aliphatic carbocycles. The minimum Gasteiger partial charge on any atom is -0.345 e. The first-order valence-corrected chi connectivity index (χ1v) is 7.12. The molecule has 0 fully saturated rings. The van der Waals surface area contributed by atoms with Gasteiger partial charge in [-0.25, -0.2) is 13.6 Å². The Kier molecular flexibility index (Phi) is 4.69. The van der Waals surface area contributed by atoms with E-state index in [1.165, 1.54) is 6.07 Å². The van der Waals surface area contributed by atoms with Crippen molar-refractivity contribution in [2.45, 2.75) is 17.6 Å². The van der Waals surface area contributed by atoms with Crippen molar-refractivity contribution < 1.29 is 13.2 Å². The van der Waals surface area contributed by atoms with E-state index >= 15 is 0 Å². The maximum absolute atomic E-state index is 11.0. The summed E-state index contributed by atoms with van der Waals surface area (Å²) >= 11 is 1.10. The van der Waals surface area contributed by atoms with E-state index in [9.17, 15) is 13.2 Å². The number of amides is 1. The van der Waals surface area contributed by atoms with Crippen molar-refractivity contribution in [1.82, 2.24) is 5.32 Å². The van der Waals surface area contributed by atoms with E-state index < -0.39 is 10.0 Å². The van der Waals surface area contributed by atoms with Crippen LogP contribution in [0.4, 0.5) is 0 Å². The van der Waals surface area contributed by atoms with Gasteiger partial charge < -0.3 is 5.32 Å². The first-order chi connectivity index (χ1) is 7.93. The maximum atomic E-state index is 11.0. The summed E-state index contributed by atoms with van der Waals surface area (Å²) in [5, 5.41) is 7.57. The highest BCUT2D eigenvalue weighted by Gasteiger charge is 2.10. The van der Waals surface area contributed by atoms with Gasteiger partial charge in [-0.05, 0) is 31.4 Å². The lowest BCUT2D eigenvalue weighted by Gasteiger charge is -1.98. The molecule has 0 spiro atoms. The van der Waals surface area contributed by atoms with E-state index in [0.717, 1.165) is 16.2 Å². The van der Waals surface area contributed by atoms with Crippen molar-refractivity contribution in [2.75, 3.05) is 6.54 Å². The Morgan fingerprint density at radius 3 is 2.76 bits per heavy atom. The lowest BCUT2D eigenvalue weighted by atomic mass is 10.3. The zero-order valence-corrected chi connectivity index (χ0v) is 10.8. The van der Waals surface area contributed by atoms with E-state index in [2.05, 4.69) is 17.2 Å². The zero-order valence-electron chi connectivity index (χ0n) is 9.19. The Hall–Kier alpha value is -1.36. The number of hydrogen-bond acceptors (Lipinski definition) is 4. The first-order valence-electron chi connectivity index (χ1n) is 4.75. The molecule has 1 amide bonds. The van der Waals surface area contributed by atoms with E-state index in [0.29, 0.717) is 13.0 Å². The summed E-state index contributed by atoms with van der Waals surface area (Å²) in [6.45, 7) is 2.00. The molecule has 0 aromatic carbocycles. The number of nitrogens with one attached hydrogen (secondary N) is 1. The lowest BCUT2D eigenvalue weighted by Crippen LogP contribution is -2.23. The van der Waals surface area contributed by atoms with Crippen LogP contribution in [0.15, 0.2) is 16.3 Å². The van der Waals surface area contributed by atoms with Crippen molar-refractivity contribution in [3.63, 3.8) is 0 Å². The second kappa shape index (κ2) is 5.82. The molecule has 1 rings (SSSR count). The molecule has 0 atom stereocenters. The molecule has 0 radical (unpaired) electrons. The van der Waals surface area contributed by atoms with Crippen LogP contribution in [0.1, 0.15) is 11.8 Å². The summed E-state index contributed by atoms with van der Waals surface area (Å²) in [5.74, 6) is 4.50. The third-order valence-corrected chi connectivity index (χ3v) is 4.40. The normalized spacial score (nSPS) is 10.5. The molecule has 1 heterocycles. The number of thiophene rings is 1. The predicted molar refractivity (Wildman–Crippen MR) is 65.9 cm³/mol. The van der Waals surface area contributed by atoms with Gasteiger partial charge in [0.05, 0.1) is 0 Å². The highest BCUT2D eigenvalue weighted by molar-refractivity contribution is 7.91. The van der Waals surface area contributed by atoms with Crippen LogP contribution in [-0.2, 0) is 21.2 Å². The van der Waals surface area contributed by atoms with Gasteiger partial charge in [0.15, 0.2) is 0 Å². The summed E-state index contributed by atoms with van der Waals surface area (Å²) in [7, 11) is -3.62. The average molecular weight is 272 g/mol. The van der Waals surface area contributed by atoms with E-state index in [-0.39, 0.29) is 10.1 Å². The molecule has 0 bridgehead atoms. The second-order valence-electron chi connectivity index (χ2n) is 3.15. The summed E-state index contributed by atoms with van der Waals surface area (Å²) < 4.78 is 22.2. The molecule has 0 unspecified atom stereocenters. The molecule has 92 valence electrons. The van der Waals surface area contributed by atoms with Crippen molar-refractivity contribution >= 4 is 27.3 Å². The SMILES string of the molecule is CC#CC(=O)NCCc1ccc(S(N)(=O)=O)s1. The van der Waals surface area contributed by atoms with Crippen LogP contribution in [0.2, 0.25) is 0 Å². The number of sulfonamides is 1. The fourth-order valence-electron chi connectivity index (χ4n) is 1.10. The summed E-state index contributed by atoms with van der Waals surface area (Å²) in [5.41, 5.74) is 0. The number of hydrogen-bond donors (Lipinski definition) is 2. The Morgan fingerprint density at radius 1 is 1.53 bits per heavy atom. The van der Waals surface area contributed by atoms with Crippen LogP contribution in [0, 0.1) is 11.8 Å². The third-order valence-electron chi connectivity index (χ3n) is 1.81. The number of nitrogens with two attached hydrogens (primary N) is 1. The van der Waals surface area contributed by atoms with Crippen molar-refractivity contribution in [3.8, 4) is 11.8 Å². The van der Waals surface area contributed by atoms with Gasteiger partial charge in [0.2, 0.25) is 10.0 Å². The fraction of sp³-hybridized carbons (Fsp3) is 0.300. The molecular formula is C10H12N2O3S2. The number of primary sulfonamides is 1. The van der Waals surface area contributed by atoms with Gasteiger partial charge in [-0.2, -0.15) is 0 Å². The smallest absolute Gasteiger partial charge is 0.295 e. The summed E-state index contributed by atoms with van der Waals surface area (Å²) in [6.07, 6.45) is 0.553. The molecule has 0 aliphatic rings. The minimum atomic E-state index is -3.62. The highest BCUT2D eigenvalue weighted by Crippen LogP contribution is 2.20. The van der Waals surface area contributed by atoms with Crippen LogP contribution in [0.3, 0.4) is 0 Å². The molecule has 5 nitrogen and oxygen atoms in total. The van der Waals surface area contributed by atoms with Gasteiger partial charge in [0, 0.05) is 11.4 Å². The summed E-state index contributed by atoms with van der Waals surface area (Å²) in [4.78, 5) is 11.8. The van der Waals surface area contributed by atoms with Gasteiger partial charge in [-0.3, -0.25) is 4.79 Å². The Balaban J connectivity index is 2.50. The fourth-order valence-corrected chi connectivity index (χ4v) is 2.88. The molecule has 1 aromatic rings. The van der Waals surface area contributed by atoms with Crippen LogP contribution in [-0.4, -0.2) is 20.9 Å². The standard InChI is InChI=1S/C10H12N2O3S2/c1-2-3-9(13)12-7-6-8-4-5-10(16-8)17(11,14)15/h4-5H,6-7H2,1H3,(H,12,13)(H2,11,14,15). The topological polar surface area (TPSA) is 89.3 Å². The van der Waals surface area contributed by atoms with Gasteiger partial charge in [-0.15, -0.1) is 11.3 Å². The van der Waals surface area contributed by atoms with Gasteiger partial charge in [0.25, 0.3) is 5.91 Å². The first kappa shape index (κ1) is 13.7. The number of rotatable bonds is 4. The molecule has 3 N–H and O–H groups in total. The highest BCUT2D eigenvalue weighted by atomic mass is 32.2. The second-order valence-corrected chi connectivity index (χ2v) is 6.10. The Bertz CT molecular complexity index is 564. The van der Waals surface area contributed by atoms with Crippen LogP contribution in [0.25, 0.3) is 0 Å². The van der Waals surface area contributed by atoms with E-state index in [1.807, 2.05) is 0 Å². The number of carbonyl (C=O) groups excluding carboxylic acids is 1. The number of carbonyl (C=O) groups is 1. The zero-order chi connectivity index (χ0) is 12.9. The van der Waals surface area contributed by atoms with E-state index in [1.54, 1.807) is 13.0 Å². The molecule has 1 aromatic heterocycles. The van der Waals surface area contributed by atoms with Gasteiger partial charge in [0.1, 0.15) is 4.21 Å². The summed E-state index contributed by atoms with van der Waals surface area (Å²) in [6, 6.07) is 3.14. The minimum absolute atomic E-state index is 0.132. The van der Waals surface area contributed by atoms with E-state index in [4.69, 9.17) is 5.14 Å². The van der Waals surface area contributed by atoms with Crippen LogP contribution in [0.5, 0.6) is 0 Å². The van der Waals surface area contributed by atoms with Crippen LogP contribution < -0.4 is 10.5 Å². The Morgan fingerprint density at radius 2 is 2.24 bits per heavy atom.